The molecule has 0 aliphatic heterocycles. The lowest BCUT2D eigenvalue weighted by molar-refractivity contribution is 0.591. The second-order valence-corrected chi connectivity index (χ2v) is 5.22. The molecule has 0 radical (unpaired) electrons. The molecule has 0 spiro atoms. The van der Waals surface area contributed by atoms with Gasteiger partial charge < -0.3 is 5.32 Å². The molecule has 2 nitrogen and oxygen atoms in total. The fourth-order valence-electron chi connectivity index (χ4n) is 1.90. The number of aromatic nitrogens is 1. The molecule has 0 aliphatic carbocycles. The van der Waals surface area contributed by atoms with E-state index in [1.165, 1.54) is 12.1 Å². The van der Waals surface area contributed by atoms with Gasteiger partial charge in [0.2, 0.25) is 0 Å². The quantitative estimate of drug-likeness (QED) is 0.810. The molecule has 0 fully saturated rings. The van der Waals surface area contributed by atoms with Crippen molar-refractivity contribution in [1.29, 1.82) is 0 Å². The van der Waals surface area contributed by atoms with E-state index in [-0.39, 0.29) is 11.2 Å². The van der Waals surface area contributed by atoms with Crippen LogP contribution in [0.3, 0.4) is 0 Å². The summed E-state index contributed by atoms with van der Waals surface area (Å²) in [6, 6.07) is 6.78. The summed E-state index contributed by atoms with van der Waals surface area (Å²) in [5.74, 6) is 0.561. The van der Waals surface area contributed by atoms with Crippen LogP contribution in [0.25, 0.3) is 10.9 Å². The number of anilines is 1. The van der Waals surface area contributed by atoms with Gasteiger partial charge in [-0.3, -0.25) is 0 Å². The first-order valence-corrected chi connectivity index (χ1v) is 5.70. The van der Waals surface area contributed by atoms with Crippen LogP contribution in [-0.4, -0.2) is 12.0 Å². The second-order valence-electron chi connectivity index (χ2n) is 5.22. The summed E-state index contributed by atoms with van der Waals surface area (Å²) in [6.07, 6.45) is 0. The monoisotopic (exact) mass is 232 g/mol. The van der Waals surface area contributed by atoms with Gasteiger partial charge in [-0.2, -0.15) is 0 Å². The third-order valence-electron chi connectivity index (χ3n) is 2.82. The molecule has 0 saturated heterocycles. The highest BCUT2D eigenvalue weighted by Gasteiger charge is 2.19. The minimum absolute atomic E-state index is 0.00786. The SMILES string of the molecule is CNc1nc2cc(F)ccc2cc1C(C)(C)C. The molecule has 2 rings (SSSR count). The molecule has 1 N–H and O–H groups in total. The van der Waals surface area contributed by atoms with Crippen molar-refractivity contribution in [2.75, 3.05) is 12.4 Å². The molecule has 0 amide bonds. The Morgan fingerprint density at radius 3 is 2.47 bits per heavy atom. The molecule has 17 heavy (non-hydrogen) atoms. The van der Waals surface area contributed by atoms with E-state index in [0.717, 1.165) is 16.8 Å². The van der Waals surface area contributed by atoms with E-state index in [1.54, 1.807) is 6.07 Å². The normalized spacial score (nSPS) is 11.8. The highest BCUT2D eigenvalue weighted by atomic mass is 19.1. The van der Waals surface area contributed by atoms with Gasteiger partial charge in [0, 0.05) is 24.1 Å². The first kappa shape index (κ1) is 11.8. The van der Waals surface area contributed by atoms with Crippen molar-refractivity contribution in [2.45, 2.75) is 26.2 Å². The Bertz CT molecular complexity index is 556. The van der Waals surface area contributed by atoms with Crippen LogP contribution in [0.1, 0.15) is 26.3 Å². The van der Waals surface area contributed by atoms with Crippen LogP contribution in [-0.2, 0) is 5.41 Å². The summed E-state index contributed by atoms with van der Waals surface area (Å²) in [4.78, 5) is 4.47. The zero-order valence-corrected chi connectivity index (χ0v) is 10.6. The molecule has 0 unspecified atom stereocenters. The number of halogens is 1. The van der Waals surface area contributed by atoms with Gasteiger partial charge >= 0.3 is 0 Å². The van der Waals surface area contributed by atoms with Gasteiger partial charge in [0.15, 0.2) is 0 Å². The Labute approximate surface area is 101 Å². The van der Waals surface area contributed by atoms with Gasteiger partial charge in [0.1, 0.15) is 11.6 Å². The number of nitrogens with one attached hydrogen (secondary N) is 1. The highest BCUT2D eigenvalue weighted by Crippen LogP contribution is 2.31. The molecule has 2 aromatic rings. The van der Waals surface area contributed by atoms with Crippen molar-refractivity contribution in [3.63, 3.8) is 0 Å². The third kappa shape index (κ3) is 2.23. The van der Waals surface area contributed by atoms with Crippen LogP contribution in [0, 0.1) is 5.82 Å². The highest BCUT2D eigenvalue weighted by molar-refractivity contribution is 5.82. The number of nitrogens with zero attached hydrogens (tertiary/aromatic N) is 1. The number of hydrogen-bond acceptors (Lipinski definition) is 2. The topological polar surface area (TPSA) is 24.9 Å². The first-order valence-electron chi connectivity index (χ1n) is 5.70. The minimum Gasteiger partial charge on any atom is -0.373 e. The standard InChI is InChI=1S/C14H17FN2/c1-14(2,3)11-7-9-5-6-10(15)8-12(9)17-13(11)16-4/h5-8H,1-4H3,(H,16,17). The summed E-state index contributed by atoms with van der Waals surface area (Å²) in [5.41, 5.74) is 1.83. The molecule has 0 aliphatic rings. The smallest absolute Gasteiger partial charge is 0.130 e. The van der Waals surface area contributed by atoms with Crippen molar-refractivity contribution in [3.05, 3.63) is 35.6 Å². The van der Waals surface area contributed by atoms with Crippen molar-refractivity contribution in [1.82, 2.24) is 4.98 Å². The number of pyridine rings is 1. The zero-order chi connectivity index (χ0) is 12.6. The van der Waals surface area contributed by atoms with E-state index in [0.29, 0.717) is 5.52 Å². The summed E-state index contributed by atoms with van der Waals surface area (Å²) in [5, 5.41) is 4.05. The van der Waals surface area contributed by atoms with Crippen LogP contribution in [0.4, 0.5) is 10.2 Å². The Kier molecular flexibility index (Phi) is 2.77. The maximum absolute atomic E-state index is 13.1. The summed E-state index contributed by atoms with van der Waals surface area (Å²) >= 11 is 0. The van der Waals surface area contributed by atoms with Gasteiger partial charge in [-0.15, -0.1) is 0 Å². The van der Waals surface area contributed by atoms with Gasteiger partial charge in [-0.25, -0.2) is 9.37 Å². The number of rotatable bonds is 1. The van der Waals surface area contributed by atoms with Gasteiger partial charge in [0.05, 0.1) is 5.52 Å². The molecular weight excluding hydrogens is 215 g/mol. The largest absolute Gasteiger partial charge is 0.373 e. The molecule has 0 atom stereocenters. The lowest BCUT2D eigenvalue weighted by Crippen LogP contribution is -2.15. The summed E-state index contributed by atoms with van der Waals surface area (Å²) in [6.45, 7) is 6.42. The van der Waals surface area contributed by atoms with E-state index < -0.39 is 0 Å². The van der Waals surface area contributed by atoms with E-state index in [2.05, 4.69) is 37.1 Å². The van der Waals surface area contributed by atoms with Crippen molar-refractivity contribution in [3.8, 4) is 0 Å². The van der Waals surface area contributed by atoms with Gasteiger partial charge in [0.25, 0.3) is 0 Å². The van der Waals surface area contributed by atoms with Crippen LogP contribution < -0.4 is 5.32 Å². The Balaban J connectivity index is 2.73. The fourth-order valence-corrected chi connectivity index (χ4v) is 1.90. The second kappa shape index (κ2) is 3.99. The lowest BCUT2D eigenvalue weighted by atomic mass is 9.86. The van der Waals surface area contributed by atoms with E-state index in [1.807, 2.05) is 7.05 Å². The summed E-state index contributed by atoms with van der Waals surface area (Å²) < 4.78 is 13.1. The number of fused-ring (bicyclic) bond motifs is 1. The fraction of sp³-hybridized carbons (Fsp3) is 0.357. The van der Waals surface area contributed by atoms with Crippen molar-refractivity contribution in [2.24, 2.45) is 0 Å². The zero-order valence-electron chi connectivity index (χ0n) is 10.6. The third-order valence-corrected chi connectivity index (χ3v) is 2.82. The van der Waals surface area contributed by atoms with E-state index in [9.17, 15) is 4.39 Å². The van der Waals surface area contributed by atoms with Crippen LogP contribution >= 0.6 is 0 Å². The first-order chi connectivity index (χ1) is 7.91. The van der Waals surface area contributed by atoms with Gasteiger partial charge in [-0.05, 0) is 23.6 Å². The van der Waals surface area contributed by atoms with Crippen LogP contribution in [0.2, 0.25) is 0 Å². The Morgan fingerprint density at radius 2 is 1.88 bits per heavy atom. The Hall–Kier alpha value is -1.64. The number of benzene rings is 1. The van der Waals surface area contributed by atoms with Crippen LogP contribution in [0.5, 0.6) is 0 Å². The summed E-state index contributed by atoms with van der Waals surface area (Å²) in [7, 11) is 1.84. The molecule has 1 aromatic heterocycles. The van der Waals surface area contributed by atoms with Gasteiger partial charge in [-0.1, -0.05) is 20.8 Å². The lowest BCUT2D eigenvalue weighted by Gasteiger charge is -2.22. The molecule has 90 valence electrons. The maximum Gasteiger partial charge on any atom is 0.130 e. The Morgan fingerprint density at radius 1 is 1.18 bits per heavy atom. The predicted molar refractivity (Wildman–Crippen MR) is 69.9 cm³/mol. The minimum atomic E-state index is -0.254. The average Bonchev–Trinajstić information content (AvgIpc) is 2.25. The van der Waals surface area contributed by atoms with Crippen molar-refractivity contribution >= 4 is 16.7 Å². The molecule has 1 heterocycles. The average molecular weight is 232 g/mol. The molecule has 0 bridgehead atoms. The molecule has 1 aromatic carbocycles. The molecular formula is C14H17FN2. The molecule has 0 saturated carbocycles. The van der Waals surface area contributed by atoms with Crippen molar-refractivity contribution < 1.29 is 4.39 Å². The predicted octanol–water partition coefficient (Wildman–Crippen LogP) is 3.71. The van der Waals surface area contributed by atoms with E-state index in [4.69, 9.17) is 0 Å². The maximum atomic E-state index is 13.1. The molecule has 3 heteroatoms. The van der Waals surface area contributed by atoms with E-state index >= 15 is 0 Å². The van der Waals surface area contributed by atoms with Crippen LogP contribution in [0.15, 0.2) is 24.3 Å². The number of hydrogen-bond donors (Lipinski definition) is 1.